The minimum atomic E-state index is -3.78. The Morgan fingerprint density at radius 3 is 2.25 bits per heavy atom. The maximum Gasteiger partial charge on any atom is 0.268 e. The minimum absolute atomic E-state index is 0.159. The van der Waals surface area contributed by atoms with Crippen molar-refractivity contribution in [2.75, 3.05) is 0 Å². The van der Waals surface area contributed by atoms with E-state index < -0.39 is 15.1 Å². The fourth-order valence-electron chi connectivity index (χ4n) is 2.52. The number of nitrogens with zero attached hydrogens (tertiary/aromatic N) is 3. The zero-order valence-electron chi connectivity index (χ0n) is 17.0. The first-order valence-electron chi connectivity index (χ1n) is 9.14. The van der Waals surface area contributed by atoms with Crippen molar-refractivity contribution in [1.82, 2.24) is 14.8 Å². The lowest BCUT2D eigenvalue weighted by Crippen LogP contribution is -2.16. The van der Waals surface area contributed by atoms with E-state index in [-0.39, 0.29) is 18.1 Å². The molecule has 9 heteroatoms. The Morgan fingerprint density at radius 2 is 1.82 bits per heavy atom. The largest absolute Gasteiger partial charge is 0.372 e. The van der Waals surface area contributed by atoms with E-state index in [9.17, 15) is 8.42 Å². The van der Waals surface area contributed by atoms with Gasteiger partial charge in [0.2, 0.25) is 16.2 Å². The van der Waals surface area contributed by atoms with Gasteiger partial charge in [0.1, 0.15) is 11.1 Å². The zero-order chi connectivity index (χ0) is 21.7. The first-order chi connectivity index (χ1) is 13.4. The van der Waals surface area contributed by atoms with Crippen molar-refractivity contribution in [2.24, 2.45) is 11.5 Å². The number of rotatable bonds is 7. The predicted molar refractivity (Wildman–Crippen MR) is 111 cm³/mol. The van der Waals surface area contributed by atoms with Crippen molar-refractivity contribution in [1.29, 1.82) is 0 Å². The fraction of sp³-hybridized carbons (Fsp3) is 0.421. The molecule has 0 saturated heterocycles. The van der Waals surface area contributed by atoms with Crippen LogP contribution in [0.2, 0.25) is 0 Å². The number of amides is 1. The molecule has 1 amide bonds. The molecule has 0 aliphatic carbocycles. The maximum atomic E-state index is 13.0. The number of primary amides is 1. The van der Waals surface area contributed by atoms with Crippen LogP contribution in [0.3, 0.4) is 0 Å². The smallest absolute Gasteiger partial charge is 0.268 e. The van der Waals surface area contributed by atoms with Gasteiger partial charge in [0.25, 0.3) is 5.16 Å². The Bertz CT molecular complexity index is 826. The highest BCUT2D eigenvalue weighted by molar-refractivity contribution is 7.91. The van der Waals surface area contributed by atoms with Crippen molar-refractivity contribution in [2.45, 2.75) is 57.6 Å². The average Bonchev–Trinajstić information content (AvgIpc) is 3.15. The number of hydrogen-bond donors (Lipinski definition) is 2. The van der Waals surface area contributed by atoms with Crippen LogP contribution in [0, 0.1) is 0 Å². The molecule has 0 aliphatic heterocycles. The van der Waals surface area contributed by atoms with E-state index in [0.29, 0.717) is 24.4 Å². The summed E-state index contributed by atoms with van der Waals surface area (Å²) < 4.78 is 27.6. The maximum absolute atomic E-state index is 13.0. The normalized spacial score (nSPS) is 11.3. The van der Waals surface area contributed by atoms with Crippen LogP contribution in [0.1, 0.15) is 49.9 Å². The molecular formula is C19H31N5O3S. The molecule has 1 unspecified atom stereocenters. The third-order valence-corrected chi connectivity index (χ3v) is 5.53. The minimum Gasteiger partial charge on any atom is -0.372 e. The Labute approximate surface area is 167 Å². The Morgan fingerprint density at radius 1 is 1.25 bits per heavy atom. The molecule has 28 heavy (non-hydrogen) atoms. The molecule has 1 heterocycles. The van der Waals surface area contributed by atoms with Gasteiger partial charge >= 0.3 is 0 Å². The number of sulfone groups is 1. The Kier molecular flexibility index (Phi) is 11.6. The highest BCUT2D eigenvalue weighted by Gasteiger charge is 2.32. The lowest BCUT2D eigenvalue weighted by molar-refractivity contribution is -0.106. The monoisotopic (exact) mass is 409 g/mol. The highest BCUT2D eigenvalue weighted by atomic mass is 32.2. The summed E-state index contributed by atoms with van der Waals surface area (Å²) >= 11 is 0. The summed E-state index contributed by atoms with van der Waals surface area (Å²) in [6.45, 7) is 12.3. The van der Waals surface area contributed by atoms with Gasteiger partial charge in [-0.25, -0.2) is 18.1 Å². The number of hydrogen-bond acceptors (Lipinski definition) is 6. The molecule has 0 fully saturated rings. The lowest BCUT2D eigenvalue weighted by Gasteiger charge is -2.15. The van der Waals surface area contributed by atoms with Crippen molar-refractivity contribution in [3.8, 4) is 0 Å². The van der Waals surface area contributed by atoms with E-state index in [4.69, 9.17) is 10.5 Å². The average molecular weight is 410 g/mol. The van der Waals surface area contributed by atoms with Crippen LogP contribution >= 0.6 is 0 Å². The van der Waals surface area contributed by atoms with E-state index in [0.717, 1.165) is 5.56 Å². The van der Waals surface area contributed by atoms with Gasteiger partial charge in [-0.2, -0.15) is 0 Å². The van der Waals surface area contributed by atoms with E-state index in [1.165, 1.54) is 6.08 Å². The van der Waals surface area contributed by atoms with Crippen molar-refractivity contribution < 1.29 is 13.2 Å². The van der Waals surface area contributed by atoms with Crippen LogP contribution in [0.4, 0.5) is 0 Å². The lowest BCUT2D eigenvalue weighted by atomic mass is 10.0. The molecule has 8 nitrogen and oxygen atoms in total. The van der Waals surface area contributed by atoms with Crippen LogP contribution in [-0.4, -0.2) is 29.6 Å². The molecule has 0 saturated carbocycles. The first kappa shape index (κ1) is 25.5. The van der Waals surface area contributed by atoms with Crippen molar-refractivity contribution >= 4 is 16.2 Å². The molecule has 0 spiro atoms. The van der Waals surface area contributed by atoms with Crippen molar-refractivity contribution in [3.05, 3.63) is 53.9 Å². The molecule has 2 rings (SSSR count). The molecule has 1 aromatic carbocycles. The van der Waals surface area contributed by atoms with Crippen LogP contribution in [0.5, 0.6) is 0 Å². The van der Waals surface area contributed by atoms with Crippen LogP contribution in [0.25, 0.3) is 0 Å². The van der Waals surface area contributed by atoms with Crippen LogP contribution in [0.15, 0.2) is 42.1 Å². The molecule has 0 bridgehead atoms. The van der Waals surface area contributed by atoms with E-state index >= 15 is 0 Å². The van der Waals surface area contributed by atoms with Crippen LogP contribution in [-0.2, 0) is 34.1 Å². The molecule has 2 aromatic rings. The number of aromatic nitrogens is 3. The van der Waals surface area contributed by atoms with Crippen LogP contribution < -0.4 is 11.5 Å². The van der Waals surface area contributed by atoms with E-state index in [1.807, 2.05) is 39.8 Å². The summed E-state index contributed by atoms with van der Waals surface area (Å²) in [4.78, 5) is 12.8. The zero-order valence-corrected chi connectivity index (χ0v) is 17.8. The van der Waals surface area contributed by atoms with Crippen molar-refractivity contribution in [3.63, 3.8) is 0 Å². The molecular weight excluding hydrogens is 378 g/mol. The van der Waals surface area contributed by atoms with Gasteiger partial charge in [0.05, 0.1) is 0 Å². The summed E-state index contributed by atoms with van der Waals surface area (Å²) in [5.74, 6) is 0.654. The second-order valence-electron chi connectivity index (χ2n) is 5.22. The highest BCUT2D eigenvalue weighted by Crippen LogP contribution is 2.30. The summed E-state index contributed by atoms with van der Waals surface area (Å²) in [5, 5.41) is 3.08. The topological polar surface area (TPSA) is 134 Å². The van der Waals surface area contributed by atoms with Gasteiger partial charge in [-0.05, 0) is 18.1 Å². The number of benzene rings is 1. The van der Waals surface area contributed by atoms with Gasteiger partial charge < -0.3 is 11.5 Å². The summed E-state index contributed by atoms with van der Waals surface area (Å²) in [6, 6.07) is 7.19. The van der Waals surface area contributed by atoms with E-state index in [1.54, 1.807) is 16.8 Å². The molecule has 0 radical (unpaired) electrons. The molecule has 0 aliphatic rings. The molecule has 1 atom stereocenters. The Balaban J connectivity index is 0.00000133. The first-order valence-corrected chi connectivity index (χ1v) is 10.7. The summed E-state index contributed by atoms with van der Waals surface area (Å²) in [6.07, 6.45) is 2.27. The molecule has 1 aromatic heterocycles. The van der Waals surface area contributed by atoms with Gasteiger partial charge in [-0.1, -0.05) is 51.1 Å². The predicted octanol–water partition coefficient (Wildman–Crippen LogP) is 2.15. The van der Waals surface area contributed by atoms with Gasteiger partial charge in [-0.15, -0.1) is 11.7 Å². The van der Waals surface area contributed by atoms with Gasteiger partial charge in [-0.3, -0.25) is 4.79 Å². The second kappa shape index (κ2) is 12.8. The number of nitrogens with two attached hydrogens (primary N) is 2. The Hall–Kier alpha value is -2.52. The SMILES string of the molecule is C=CC(c1ccccc1CN)S(=O)(=O)c1nc(CC)n(CC)n1.CC.NC=O. The quantitative estimate of drug-likeness (QED) is 0.531. The molecule has 156 valence electrons. The number of aryl methyl sites for hydroxylation is 2. The summed E-state index contributed by atoms with van der Waals surface area (Å²) in [7, 11) is -3.78. The second-order valence-corrected chi connectivity index (χ2v) is 7.18. The summed E-state index contributed by atoms with van der Waals surface area (Å²) in [5.41, 5.74) is 11.3. The fourth-order valence-corrected chi connectivity index (χ4v) is 4.01. The number of carbonyl (C=O) groups is 1. The number of carbonyl (C=O) groups excluding carboxylic acids is 1. The van der Waals surface area contributed by atoms with Gasteiger partial charge in [0, 0.05) is 19.5 Å². The third kappa shape index (κ3) is 6.00. The molecule has 4 N–H and O–H groups in total. The third-order valence-electron chi connectivity index (χ3n) is 3.73. The van der Waals surface area contributed by atoms with Gasteiger partial charge in [0.15, 0.2) is 0 Å². The standard InChI is InChI=1S/C16H22N4O2S.C2H6.CH3NO/c1-4-14(13-10-8-7-9-12(13)11-17)23(21,22)16-18-15(5-2)20(6-3)19-16;1-2;2-1-3/h4,7-10,14H,1,5-6,11,17H2,2-3H3;1-2H3;1H,(H2,2,3). The van der Waals surface area contributed by atoms with E-state index in [2.05, 4.69) is 22.4 Å².